The van der Waals surface area contributed by atoms with E-state index < -0.39 is 5.91 Å². The van der Waals surface area contributed by atoms with Gasteiger partial charge in [-0.3, -0.25) is 9.69 Å². The molecule has 22 heavy (non-hydrogen) atoms. The Labute approximate surface area is 129 Å². The summed E-state index contributed by atoms with van der Waals surface area (Å²) in [4.78, 5) is 22.1. The standard InChI is InChI=1S/C17H22N4O/c18-16(22)13-7-4-8-14-15(13)20-17(19-14)11-9-21(10-11)12-5-2-1-3-6-12/h4,7-8,11-12H,1-3,5-6,9-10H2,(H2,18,22)(H,19,20). The van der Waals surface area contributed by atoms with Gasteiger partial charge in [0.25, 0.3) is 5.91 Å². The number of hydrogen-bond acceptors (Lipinski definition) is 3. The van der Waals surface area contributed by atoms with Crippen LogP contribution in [0.4, 0.5) is 0 Å². The summed E-state index contributed by atoms with van der Waals surface area (Å²) in [6.45, 7) is 2.16. The largest absolute Gasteiger partial charge is 0.366 e. The molecule has 1 saturated carbocycles. The van der Waals surface area contributed by atoms with Crippen LogP contribution in [0.1, 0.15) is 54.2 Å². The van der Waals surface area contributed by atoms with Crippen LogP contribution in [0.5, 0.6) is 0 Å². The number of benzene rings is 1. The van der Waals surface area contributed by atoms with Gasteiger partial charge in [-0.15, -0.1) is 0 Å². The molecule has 1 saturated heterocycles. The summed E-state index contributed by atoms with van der Waals surface area (Å²) in [5.74, 6) is 1.03. The van der Waals surface area contributed by atoms with E-state index in [0.717, 1.165) is 30.5 Å². The number of nitrogens with zero attached hydrogens (tertiary/aromatic N) is 2. The summed E-state index contributed by atoms with van der Waals surface area (Å²) in [5.41, 5.74) is 7.55. The van der Waals surface area contributed by atoms with Crippen molar-refractivity contribution in [2.45, 2.75) is 44.1 Å². The van der Waals surface area contributed by atoms with Gasteiger partial charge in [-0.1, -0.05) is 25.3 Å². The summed E-state index contributed by atoms with van der Waals surface area (Å²) in [6, 6.07) is 6.32. The lowest BCUT2D eigenvalue weighted by Crippen LogP contribution is -2.51. The van der Waals surface area contributed by atoms with Crippen LogP contribution < -0.4 is 5.73 Å². The Hall–Kier alpha value is -1.88. The summed E-state index contributed by atoms with van der Waals surface area (Å²) >= 11 is 0. The van der Waals surface area contributed by atoms with E-state index in [2.05, 4.69) is 14.9 Å². The van der Waals surface area contributed by atoms with Crippen molar-refractivity contribution in [3.8, 4) is 0 Å². The number of rotatable bonds is 3. The number of nitrogens with one attached hydrogen (secondary N) is 1. The van der Waals surface area contributed by atoms with E-state index in [0.29, 0.717) is 17.0 Å². The first kappa shape index (κ1) is 13.8. The van der Waals surface area contributed by atoms with Crippen molar-refractivity contribution in [3.05, 3.63) is 29.6 Å². The maximum absolute atomic E-state index is 11.5. The number of likely N-dealkylation sites (tertiary alicyclic amines) is 1. The number of hydrogen-bond donors (Lipinski definition) is 2. The fourth-order valence-corrected chi connectivity index (χ4v) is 3.87. The van der Waals surface area contributed by atoms with E-state index in [4.69, 9.17) is 5.73 Å². The van der Waals surface area contributed by atoms with Gasteiger partial charge in [-0.25, -0.2) is 4.98 Å². The lowest BCUT2D eigenvalue weighted by molar-refractivity contribution is 0.0663. The number of nitrogens with two attached hydrogens (primary N) is 1. The first-order valence-corrected chi connectivity index (χ1v) is 8.25. The molecule has 2 aromatic rings. The average Bonchev–Trinajstić information content (AvgIpc) is 2.89. The average molecular weight is 298 g/mol. The van der Waals surface area contributed by atoms with Crippen molar-refractivity contribution >= 4 is 16.9 Å². The monoisotopic (exact) mass is 298 g/mol. The van der Waals surface area contributed by atoms with Gasteiger partial charge < -0.3 is 10.7 Å². The highest BCUT2D eigenvalue weighted by atomic mass is 16.1. The van der Waals surface area contributed by atoms with E-state index in [1.165, 1.54) is 32.1 Å². The van der Waals surface area contributed by atoms with Crippen molar-refractivity contribution in [2.75, 3.05) is 13.1 Å². The minimum absolute atomic E-state index is 0.416. The van der Waals surface area contributed by atoms with Crippen molar-refractivity contribution in [1.82, 2.24) is 14.9 Å². The van der Waals surface area contributed by atoms with Crippen molar-refractivity contribution in [1.29, 1.82) is 0 Å². The molecule has 5 heteroatoms. The van der Waals surface area contributed by atoms with E-state index in [1.807, 2.05) is 12.1 Å². The van der Waals surface area contributed by atoms with Gasteiger partial charge in [0.1, 0.15) is 11.3 Å². The predicted octanol–water partition coefficient (Wildman–Crippen LogP) is 2.39. The van der Waals surface area contributed by atoms with Gasteiger partial charge in [0.15, 0.2) is 0 Å². The van der Waals surface area contributed by atoms with Crippen molar-refractivity contribution < 1.29 is 4.79 Å². The summed E-state index contributed by atoms with van der Waals surface area (Å²) in [6.07, 6.45) is 6.83. The highest BCUT2D eigenvalue weighted by Gasteiger charge is 2.35. The van der Waals surface area contributed by atoms with Gasteiger partial charge in [-0.2, -0.15) is 0 Å². The van der Waals surface area contributed by atoms with E-state index in [1.54, 1.807) is 6.07 Å². The number of carbonyl (C=O) groups is 1. The molecule has 5 nitrogen and oxygen atoms in total. The Morgan fingerprint density at radius 3 is 2.73 bits per heavy atom. The quantitative estimate of drug-likeness (QED) is 0.913. The molecule has 4 rings (SSSR count). The normalized spacial score (nSPS) is 21.1. The first-order chi connectivity index (χ1) is 10.7. The van der Waals surface area contributed by atoms with Gasteiger partial charge in [0, 0.05) is 25.0 Å². The summed E-state index contributed by atoms with van der Waals surface area (Å²) < 4.78 is 0. The predicted molar refractivity (Wildman–Crippen MR) is 85.8 cm³/mol. The Morgan fingerprint density at radius 2 is 2.00 bits per heavy atom. The second kappa shape index (κ2) is 5.39. The number of primary amides is 1. The van der Waals surface area contributed by atoms with E-state index in [9.17, 15) is 4.79 Å². The molecule has 1 aromatic heterocycles. The van der Waals surface area contributed by atoms with Crippen LogP contribution >= 0.6 is 0 Å². The maximum atomic E-state index is 11.5. The second-order valence-electron chi connectivity index (χ2n) is 6.63. The number of aromatic amines is 1. The molecule has 1 aromatic carbocycles. The Balaban J connectivity index is 1.51. The number of H-pyrrole nitrogens is 1. The molecule has 0 spiro atoms. The molecular formula is C17H22N4O. The van der Waals surface area contributed by atoms with Crippen molar-refractivity contribution in [3.63, 3.8) is 0 Å². The zero-order chi connectivity index (χ0) is 15.1. The molecule has 0 radical (unpaired) electrons. The molecular weight excluding hydrogens is 276 g/mol. The molecule has 0 unspecified atom stereocenters. The Morgan fingerprint density at radius 1 is 1.23 bits per heavy atom. The van der Waals surface area contributed by atoms with Crippen LogP contribution in [0.3, 0.4) is 0 Å². The van der Waals surface area contributed by atoms with E-state index >= 15 is 0 Å². The number of aromatic nitrogens is 2. The van der Waals surface area contributed by atoms with Gasteiger partial charge in [-0.05, 0) is 25.0 Å². The molecule has 1 amide bonds. The molecule has 3 N–H and O–H groups in total. The van der Waals surface area contributed by atoms with Gasteiger partial charge in [0.05, 0.1) is 11.1 Å². The Bertz CT molecular complexity index is 696. The Kier molecular flexibility index (Phi) is 3.37. The highest BCUT2D eigenvalue weighted by molar-refractivity contribution is 6.04. The van der Waals surface area contributed by atoms with Crippen LogP contribution in [-0.2, 0) is 0 Å². The number of para-hydroxylation sites is 1. The lowest BCUT2D eigenvalue weighted by Gasteiger charge is -2.45. The number of fused-ring (bicyclic) bond motifs is 1. The number of amides is 1. The topological polar surface area (TPSA) is 75.0 Å². The molecule has 2 heterocycles. The van der Waals surface area contributed by atoms with Crippen LogP contribution in [0.15, 0.2) is 18.2 Å². The van der Waals surface area contributed by atoms with Crippen LogP contribution in [-0.4, -0.2) is 39.9 Å². The van der Waals surface area contributed by atoms with Gasteiger partial charge in [0.2, 0.25) is 0 Å². The molecule has 0 bridgehead atoms. The first-order valence-electron chi connectivity index (χ1n) is 8.25. The third kappa shape index (κ3) is 2.29. The highest BCUT2D eigenvalue weighted by Crippen LogP contribution is 2.33. The molecule has 1 aliphatic carbocycles. The fourth-order valence-electron chi connectivity index (χ4n) is 3.87. The third-order valence-electron chi connectivity index (χ3n) is 5.18. The van der Waals surface area contributed by atoms with Gasteiger partial charge >= 0.3 is 0 Å². The SMILES string of the molecule is NC(=O)c1cccc2[nH]c(C3CN(C4CCCCC4)C3)nc12. The number of imidazole rings is 1. The lowest BCUT2D eigenvalue weighted by atomic mass is 9.89. The molecule has 2 aliphatic rings. The minimum Gasteiger partial charge on any atom is -0.366 e. The smallest absolute Gasteiger partial charge is 0.250 e. The zero-order valence-corrected chi connectivity index (χ0v) is 12.7. The minimum atomic E-state index is -0.416. The summed E-state index contributed by atoms with van der Waals surface area (Å²) in [5, 5.41) is 0. The zero-order valence-electron chi connectivity index (χ0n) is 12.7. The third-order valence-corrected chi connectivity index (χ3v) is 5.18. The molecule has 2 fully saturated rings. The number of carbonyl (C=O) groups excluding carboxylic acids is 1. The van der Waals surface area contributed by atoms with Crippen LogP contribution in [0.25, 0.3) is 11.0 Å². The fraction of sp³-hybridized carbons (Fsp3) is 0.529. The summed E-state index contributed by atoms with van der Waals surface area (Å²) in [7, 11) is 0. The van der Waals surface area contributed by atoms with Crippen LogP contribution in [0, 0.1) is 0 Å². The van der Waals surface area contributed by atoms with Crippen molar-refractivity contribution in [2.24, 2.45) is 5.73 Å². The second-order valence-corrected chi connectivity index (χ2v) is 6.63. The maximum Gasteiger partial charge on any atom is 0.250 e. The molecule has 0 atom stereocenters. The molecule has 116 valence electrons. The molecule has 1 aliphatic heterocycles. The van der Waals surface area contributed by atoms with E-state index in [-0.39, 0.29) is 0 Å². The van der Waals surface area contributed by atoms with Crippen LogP contribution in [0.2, 0.25) is 0 Å².